The molecule has 0 aliphatic rings. The topological polar surface area (TPSA) is 26.3 Å². The van der Waals surface area contributed by atoms with Crippen LogP contribution in [0, 0.1) is 0 Å². The van der Waals surface area contributed by atoms with E-state index < -0.39 is 9.65 Å². The Bertz CT molecular complexity index is 186. The zero-order valence-corrected chi connectivity index (χ0v) is 5.70. The van der Waals surface area contributed by atoms with Crippen molar-refractivity contribution < 1.29 is 8.89 Å². The smallest absolute Gasteiger partial charge is 0.484 e. The minimum atomic E-state index is -0.715. The predicted octanol–water partition coefficient (Wildman–Crippen LogP) is 1.03. The van der Waals surface area contributed by atoms with Crippen molar-refractivity contribution in [1.82, 2.24) is 0 Å². The van der Waals surface area contributed by atoms with Gasteiger partial charge in [-0.1, -0.05) is 18.2 Å². The molecule has 2 nitrogen and oxygen atoms in total. The summed E-state index contributed by atoms with van der Waals surface area (Å²) in [6.45, 7) is 0. The first kappa shape index (κ1) is 6.16. The summed E-state index contributed by atoms with van der Waals surface area (Å²) < 4.78 is 14.6. The number of hydrogen-bond donors (Lipinski definition) is 0. The van der Waals surface area contributed by atoms with Crippen LogP contribution in [0.5, 0.6) is 5.75 Å². The predicted molar refractivity (Wildman–Crippen MR) is 33.5 cm³/mol. The second-order valence-corrected chi connectivity index (χ2v) is 1.87. The molecule has 0 saturated carbocycles. The molecule has 0 aromatic heterocycles. The quantitative estimate of drug-likeness (QED) is 0.569. The van der Waals surface area contributed by atoms with Crippen LogP contribution in [0.15, 0.2) is 30.3 Å². The second kappa shape index (κ2) is 3.14. The zero-order valence-electron chi connectivity index (χ0n) is 4.70. The molecule has 0 spiro atoms. The van der Waals surface area contributed by atoms with Crippen molar-refractivity contribution in [2.24, 2.45) is 0 Å². The fourth-order valence-corrected chi connectivity index (χ4v) is 0.769. The van der Waals surface area contributed by atoms with E-state index in [1.807, 2.05) is 18.2 Å². The lowest BCUT2D eigenvalue weighted by atomic mass is 10.3. The average Bonchev–Trinajstić information content (AvgIpc) is 1.91. The summed E-state index contributed by atoms with van der Waals surface area (Å²) in [5, 5.41) is 0. The minimum absolute atomic E-state index is 0.644. The van der Waals surface area contributed by atoms with Crippen molar-refractivity contribution in [3.63, 3.8) is 0 Å². The number of benzene rings is 1. The van der Waals surface area contributed by atoms with Crippen LogP contribution in [-0.2, 0) is 4.46 Å². The summed E-state index contributed by atoms with van der Waals surface area (Å²) in [7, 11) is -0.715. The molecule has 1 rings (SSSR count). The maximum atomic E-state index is 9.90. The third kappa shape index (κ3) is 1.77. The largest absolute Gasteiger partial charge is 0.599 e. The Morgan fingerprint density at radius 3 is 2.44 bits per heavy atom. The average molecular weight is 137 g/mol. The lowest BCUT2D eigenvalue weighted by Gasteiger charge is -1.92. The highest BCUT2D eigenvalue weighted by Gasteiger charge is 1.86. The fourth-order valence-electron chi connectivity index (χ4n) is 0.537. The van der Waals surface area contributed by atoms with Gasteiger partial charge in [0.05, 0.1) is 0 Å². The molecular weight excluding hydrogens is 132 g/mol. The van der Waals surface area contributed by atoms with E-state index in [1.54, 1.807) is 12.1 Å². The van der Waals surface area contributed by atoms with Crippen LogP contribution in [-0.4, -0.2) is 9.65 Å². The first-order valence-electron chi connectivity index (χ1n) is 2.52. The van der Waals surface area contributed by atoms with Gasteiger partial charge in [0.2, 0.25) is 0 Å². The first-order valence-corrected chi connectivity index (χ1v) is 3.34. The van der Waals surface area contributed by atoms with E-state index >= 15 is 0 Å². The normalized spacial score (nSPS) is 8.44. The molecule has 1 aromatic carbocycles. The van der Waals surface area contributed by atoms with E-state index in [4.69, 9.17) is 0 Å². The molecule has 0 heterocycles. The summed E-state index contributed by atoms with van der Waals surface area (Å²) in [5.74, 6) is 0.644. The van der Waals surface area contributed by atoms with Crippen LogP contribution in [0.25, 0.3) is 0 Å². The van der Waals surface area contributed by atoms with Gasteiger partial charge in [0.1, 0.15) is 5.75 Å². The summed E-state index contributed by atoms with van der Waals surface area (Å²) in [6.07, 6.45) is 0. The van der Waals surface area contributed by atoms with E-state index in [0.717, 1.165) is 0 Å². The van der Waals surface area contributed by atoms with Crippen LogP contribution in [0.2, 0.25) is 0 Å². The van der Waals surface area contributed by atoms with Crippen molar-refractivity contribution in [2.75, 3.05) is 0 Å². The molecule has 0 aliphatic carbocycles. The van der Waals surface area contributed by atoms with Crippen LogP contribution < -0.4 is 4.43 Å². The van der Waals surface area contributed by atoms with Crippen molar-refractivity contribution in [3.8, 4) is 5.75 Å². The summed E-state index contributed by atoms with van der Waals surface area (Å²) in [4.78, 5) is 0. The Balaban J connectivity index is 2.72. The molecule has 1 radical (unpaired) electrons. The molecule has 0 atom stereocenters. The van der Waals surface area contributed by atoms with E-state index in [0.29, 0.717) is 5.75 Å². The molecule has 0 N–H and O–H groups in total. The molecule has 45 valence electrons. The van der Waals surface area contributed by atoms with Gasteiger partial charge in [0.15, 0.2) is 0 Å². The zero-order chi connectivity index (χ0) is 6.53. The highest BCUT2D eigenvalue weighted by molar-refractivity contribution is 6.08. The van der Waals surface area contributed by atoms with Gasteiger partial charge in [-0.2, -0.15) is 0 Å². The van der Waals surface area contributed by atoms with Crippen LogP contribution in [0.3, 0.4) is 0 Å². The maximum absolute atomic E-state index is 9.90. The lowest BCUT2D eigenvalue weighted by molar-refractivity contribution is 0.482. The summed E-state index contributed by atoms with van der Waals surface area (Å²) in [6, 6.07) is 9.04. The number of hydrogen-bond acceptors (Lipinski definition) is 2. The number of rotatable bonds is 2. The van der Waals surface area contributed by atoms with Gasteiger partial charge in [-0.3, -0.25) is 0 Å². The van der Waals surface area contributed by atoms with Gasteiger partial charge in [-0.15, -0.1) is 0 Å². The lowest BCUT2D eigenvalue weighted by Crippen LogP contribution is -1.88. The van der Waals surface area contributed by atoms with Crippen LogP contribution >= 0.6 is 0 Å². The van der Waals surface area contributed by atoms with Gasteiger partial charge in [-0.05, 0) is 12.1 Å². The van der Waals surface area contributed by atoms with Gasteiger partial charge in [0, 0.05) is 0 Å². The Morgan fingerprint density at radius 2 is 1.89 bits per heavy atom. The molecule has 0 fully saturated rings. The first-order chi connectivity index (χ1) is 4.43. The van der Waals surface area contributed by atoms with E-state index in [2.05, 4.69) is 4.43 Å². The third-order valence-corrected chi connectivity index (χ3v) is 1.22. The Kier molecular flexibility index (Phi) is 2.15. The Morgan fingerprint density at radius 1 is 1.22 bits per heavy atom. The monoisotopic (exact) mass is 137 g/mol. The van der Waals surface area contributed by atoms with Crippen molar-refractivity contribution in [3.05, 3.63) is 30.3 Å². The van der Waals surface area contributed by atoms with Crippen molar-refractivity contribution in [1.29, 1.82) is 0 Å². The SMILES string of the molecule is O=[Si]Oc1ccccc1. The molecular formula is C6H5O2Si. The van der Waals surface area contributed by atoms with E-state index in [-0.39, 0.29) is 0 Å². The molecule has 3 heteroatoms. The van der Waals surface area contributed by atoms with Crippen molar-refractivity contribution in [2.45, 2.75) is 0 Å². The van der Waals surface area contributed by atoms with E-state index in [1.165, 1.54) is 0 Å². The summed E-state index contributed by atoms with van der Waals surface area (Å²) >= 11 is 0. The second-order valence-electron chi connectivity index (χ2n) is 1.50. The van der Waals surface area contributed by atoms with Gasteiger partial charge < -0.3 is 8.89 Å². The molecule has 0 amide bonds. The molecule has 9 heavy (non-hydrogen) atoms. The van der Waals surface area contributed by atoms with Crippen LogP contribution in [0.4, 0.5) is 0 Å². The molecule has 1 aromatic rings. The Labute approximate surface area is 55.5 Å². The Hall–Kier alpha value is -0.963. The molecule has 0 aliphatic heterocycles. The van der Waals surface area contributed by atoms with Crippen molar-refractivity contribution >= 4 is 9.65 Å². The van der Waals surface area contributed by atoms with Gasteiger partial charge in [0.25, 0.3) is 0 Å². The standard InChI is InChI=1S/C6H5O2Si/c7-9-8-6-4-2-1-3-5-6/h1-5H. The number of para-hydroxylation sites is 1. The summed E-state index contributed by atoms with van der Waals surface area (Å²) in [5.41, 5.74) is 0. The third-order valence-electron chi connectivity index (χ3n) is 0.903. The van der Waals surface area contributed by atoms with Crippen LogP contribution in [0.1, 0.15) is 0 Å². The molecule has 0 bridgehead atoms. The highest BCUT2D eigenvalue weighted by atomic mass is 28.2. The maximum Gasteiger partial charge on any atom is 0.599 e. The van der Waals surface area contributed by atoms with Gasteiger partial charge >= 0.3 is 9.65 Å². The van der Waals surface area contributed by atoms with Gasteiger partial charge in [-0.25, -0.2) is 0 Å². The fraction of sp³-hybridized carbons (Fsp3) is 0. The molecule has 0 saturated heterocycles. The van der Waals surface area contributed by atoms with E-state index in [9.17, 15) is 4.46 Å². The highest BCUT2D eigenvalue weighted by Crippen LogP contribution is 2.05. The minimum Gasteiger partial charge on any atom is -0.484 e. The molecule has 0 unspecified atom stereocenters.